The Bertz CT molecular complexity index is 442. The number of carbonyl (C=O) groups excluding carboxylic acids is 1. The molecule has 0 unspecified atom stereocenters. The highest BCUT2D eigenvalue weighted by atomic mass is 16.3. The quantitative estimate of drug-likeness (QED) is 0.830. The summed E-state index contributed by atoms with van der Waals surface area (Å²) in [4.78, 5) is 8.00. The third-order valence-electron chi connectivity index (χ3n) is 1.99. The van der Waals surface area contributed by atoms with Crippen LogP contribution in [0.25, 0.3) is 11.1 Å². The van der Waals surface area contributed by atoms with E-state index in [4.69, 9.17) is 4.79 Å². The molecule has 0 saturated heterocycles. The first-order valence-electron chi connectivity index (χ1n) is 6.91. The fourth-order valence-electron chi connectivity index (χ4n) is 1.34. The molecule has 0 aliphatic rings. The molecule has 0 radical (unpaired) electrons. The number of rotatable bonds is 1. The van der Waals surface area contributed by atoms with Crippen molar-refractivity contribution in [3.05, 3.63) is 54.6 Å². The summed E-state index contributed by atoms with van der Waals surface area (Å²) in [5.41, 5.74) is 1.92. The van der Waals surface area contributed by atoms with E-state index in [0.29, 0.717) is 5.75 Å². The summed E-state index contributed by atoms with van der Waals surface area (Å²) in [6.07, 6.45) is 1.25. The van der Waals surface area contributed by atoms with Gasteiger partial charge in [-0.3, -0.25) is 0 Å². The maximum absolute atomic E-state index is 9.56. The highest BCUT2D eigenvalue weighted by molar-refractivity contribution is 5.69. The summed E-state index contributed by atoms with van der Waals surface area (Å²) < 4.78 is 0. The fraction of sp³-hybridized carbons (Fsp3) is 0.278. The van der Waals surface area contributed by atoms with Crippen molar-refractivity contribution in [1.29, 1.82) is 0 Å². The minimum atomic E-state index is 0.328. The first-order valence-corrected chi connectivity index (χ1v) is 6.91. The minimum Gasteiger partial charge on any atom is -0.507 e. The molecule has 0 aromatic heterocycles. The van der Waals surface area contributed by atoms with Crippen molar-refractivity contribution < 1.29 is 9.90 Å². The van der Waals surface area contributed by atoms with Gasteiger partial charge in [0.1, 0.15) is 12.5 Å². The van der Waals surface area contributed by atoms with Gasteiger partial charge in [0.15, 0.2) is 0 Å². The summed E-state index contributed by atoms with van der Waals surface area (Å²) >= 11 is 0. The second-order valence-electron chi connectivity index (χ2n) is 4.09. The van der Waals surface area contributed by atoms with Crippen LogP contribution in [0.4, 0.5) is 0 Å². The summed E-state index contributed by atoms with van der Waals surface area (Å²) in [5, 5.41) is 12.3. The van der Waals surface area contributed by atoms with Gasteiger partial charge in [-0.1, -0.05) is 68.8 Å². The maximum atomic E-state index is 9.56. The first-order chi connectivity index (χ1) is 10.2. The Labute approximate surface area is 128 Å². The number of benzene rings is 2. The average molecular weight is 289 g/mol. The van der Waals surface area contributed by atoms with Crippen molar-refractivity contribution in [1.82, 2.24) is 5.32 Å². The van der Waals surface area contributed by atoms with Crippen molar-refractivity contribution in [3.63, 3.8) is 0 Å². The van der Waals surface area contributed by atoms with Crippen molar-refractivity contribution in [2.75, 3.05) is 14.1 Å². The molecular formula is C18H27NO2. The lowest BCUT2D eigenvalue weighted by Gasteiger charge is -2.02. The molecule has 21 heavy (non-hydrogen) atoms. The second kappa shape index (κ2) is 15.9. The molecule has 2 rings (SSSR count). The molecule has 0 aliphatic heterocycles. The predicted octanol–water partition coefficient (Wildman–Crippen LogP) is 4.13. The van der Waals surface area contributed by atoms with Gasteiger partial charge in [-0.2, -0.15) is 0 Å². The van der Waals surface area contributed by atoms with Gasteiger partial charge < -0.3 is 15.2 Å². The summed E-state index contributed by atoms with van der Waals surface area (Å²) in [5.74, 6) is 0.328. The van der Waals surface area contributed by atoms with Gasteiger partial charge in [-0.25, -0.2) is 0 Å². The Morgan fingerprint density at radius 1 is 0.905 bits per heavy atom. The molecule has 3 heteroatoms. The zero-order valence-electron chi connectivity index (χ0n) is 13.5. The largest absolute Gasteiger partial charge is 0.507 e. The van der Waals surface area contributed by atoms with Crippen LogP contribution in [0.2, 0.25) is 0 Å². The Morgan fingerprint density at radius 3 is 1.71 bits per heavy atom. The zero-order valence-corrected chi connectivity index (χ0v) is 13.5. The van der Waals surface area contributed by atoms with E-state index < -0.39 is 0 Å². The van der Waals surface area contributed by atoms with E-state index in [9.17, 15) is 5.11 Å². The number of carbonyl (C=O) groups is 1. The van der Waals surface area contributed by atoms with Crippen molar-refractivity contribution in [2.24, 2.45) is 0 Å². The van der Waals surface area contributed by atoms with Gasteiger partial charge >= 0.3 is 0 Å². The van der Waals surface area contributed by atoms with Crippen molar-refractivity contribution in [3.8, 4) is 16.9 Å². The maximum Gasteiger partial charge on any atom is 0.123 e. The zero-order chi connectivity index (χ0) is 16.5. The van der Waals surface area contributed by atoms with Gasteiger partial charge in [0.05, 0.1) is 0 Å². The summed E-state index contributed by atoms with van der Waals surface area (Å²) in [7, 11) is 3.75. The van der Waals surface area contributed by atoms with E-state index in [-0.39, 0.29) is 0 Å². The fourth-order valence-corrected chi connectivity index (χ4v) is 1.34. The van der Waals surface area contributed by atoms with Crippen LogP contribution in [0, 0.1) is 0 Å². The molecule has 2 aromatic carbocycles. The van der Waals surface area contributed by atoms with Gasteiger partial charge in [-0.15, -0.1) is 0 Å². The Hall–Kier alpha value is -2.13. The van der Waals surface area contributed by atoms with Crippen molar-refractivity contribution >= 4 is 6.79 Å². The highest BCUT2D eigenvalue weighted by Crippen LogP contribution is 2.27. The van der Waals surface area contributed by atoms with Gasteiger partial charge in [0.2, 0.25) is 0 Å². The van der Waals surface area contributed by atoms with E-state index in [2.05, 4.69) is 19.2 Å². The van der Waals surface area contributed by atoms with Gasteiger partial charge in [0.25, 0.3) is 0 Å². The molecule has 0 atom stereocenters. The standard InChI is InChI=1S/C12H10O.C3H8.C2H7N.CH2O/c13-12-9-5-4-8-11(12)10-6-2-1-3-7-10;2*1-3-2;1-2/h1-9,13H;3H2,1-2H3;3H,1-2H3;1H2. The van der Waals surface area contributed by atoms with Crippen LogP contribution in [-0.4, -0.2) is 26.0 Å². The molecule has 0 saturated carbocycles. The molecule has 2 aromatic rings. The monoisotopic (exact) mass is 289 g/mol. The molecule has 0 amide bonds. The van der Waals surface area contributed by atoms with E-state index in [0.717, 1.165) is 11.1 Å². The molecule has 0 aliphatic carbocycles. The molecule has 0 spiro atoms. The molecule has 116 valence electrons. The highest BCUT2D eigenvalue weighted by Gasteiger charge is 2.00. The van der Waals surface area contributed by atoms with Gasteiger partial charge in [0, 0.05) is 5.56 Å². The van der Waals surface area contributed by atoms with Crippen LogP contribution >= 0.6 is 0 Å². The number of phenolic OH excluding ortho intramolecular Hbond substituents is 1. The number of hydrogen-bond acceptors (Lipinski definition) is 3. The Morgan fingerprint density at radius 2 is 1.29 bits per heavy atom. The molecule has 3 nitrogen and oxygen atoms in total. The van der Waals surface area contributed by atoms with Crippen molar-refractivity contribution in [2.45, 2.75) is 20.3 Å². The Balaban J connectivity index is 0. The van der Waals surface area contributed by atoms with E-state index in [1.807, 2.05) is 69.4 Å². The lowest BCUT2D eigenvalue weighted by atomic mass is 10.1. The SMILES string of the molecule is C=O.CCC.CNC.Oc1ccccc1-c1ccccc1. The van der Waals surface area contributed by atoms with E-state index >= 15 is 0 Å². The topological polar surface area (TPSA) is 49.3 Å². The third kappa shape index (κ3) is 10.3. The van der Waals surface area contributed by atoms with Crippen LogP contribution in [-0.2, 0) is 4.79 Å². The van der Waals surface area contributed by atoms with Crippen LogP contribution in [0.1, 0.15) is 20.3 Å². The third-order valence-corrected chi connectivity index (χ3v) is 1.99. The van der Waals surface area contributed by atoms with Gasteiger partial charge in [-0.05, 0) is 25.7 Å². The molecule has 0 heterocycles. The number of hydrogen-bond donors (Lipinski definition) is 2. The van der Waals surface area contributed by atoms with E-state index in [1.165, 1.54) is 6.42 Å². The Kier molecular flexibility index (Phi) is 16.1. The predicted molar refractivity (Wildman–Crippen MR) is 91.6 cm³/mol. The molecular weight excluding hydrogens is 262 g/mol. The van der Waals surface area contributed by atoms with E-state index in [1.54, 1.807) is 6.07 Å². The number of nitrogens with one attached hydrogen (secondary N) is 1. The molecule has 0 bridgehead atoms. The van der Waals surface area contributed by atoms with Crippen LogP contribution in [0.5, 0.6) is 5.75 Å². The average Bonchev–Trinajstić information content (AvgIpc) is 2.52. The lowest BCUT2D eigenvalue weighted by molar-refractivity contribution is -0.0979. The normalized spacial score (nSPS) is 8.00. The lowest BCUT2D eigenvalue weighted by Crippen LogP contribution is -1.89. The van der Waals surface area contributed by atoms with Crippen LogP contribution in [0.15, 0.2) is 54.6 Å². The summed E-state index contributed by atoms with van der Waals surface area (Å²) in [6, 6.07) is 17.2. The number of para-hydroxylation sites is 1. The second-order valence-corrected chi connectivity index (χ2v) is 4.09. The molecule has 0 fully saturated rings. The van der Waals surface area contributed by atoms with Crippen LogP contribution in [0.3, 0.4) is 0 Å². The smallest absolute Gasteiger partial charge is 0.123 e. The molecule has 2 N–H and O–H groups in total. The summed E-state index contributed by atoms with van der Waals surface area (Å²) in [6.45, 7) is 6.25. The number of aromatic hydroxyl groups is 1. The minimum absolute atomic E-state index is 0.328. The van der Waals surface area contributed by atoms with Crippen LogP contribution < -0.4 is 5.32 Å². The first kappa shape index (κ1) is 21.2. The number of phenols is 1.